The lowest BCUT2D eigenvalue weighted by molar-refractivity contribution is 0.178. The second-order valence-electron chi connectivity index (χ2n) is 5.89. The smallest absolute Gasteiger partial charge is 0.0223 e. The third-order valence-corrected chi connectivity index (χ3v) is 4.67. The van der Waals surface area contributed by atoms with Crippen LogP contribution in [-0.2, 0) is 0 Å². The van der Waals surface area contributed by atoms with Crippen LogP contribution in [0.4, 0.5) is 0 Å². The van der Waals surface area contributed by atoms with Gasteiger partial charge in [0.15, 0.2) is 0 Å². The fourth-order valence-electron chi connectivity index (χ4n) is 3.35. The molecule has 0 amide bonds. The van der Waals surface area contributed by atoms with Gasteiger partial charge in [0.1, 0.15) is 0 Å². The first-order valence-electron chi connectivity index (χ1n) is 7.39. The Balaban J connectivity index is 1.81. The van der Waals surface area contributed by atoms with Crippen LogP contribution in [0.25, 0.3) is 0 Å². The highest BCUT2D eigenvalue weighted by Gasteiger charge is 2.35. The van der Waals surface area contributed by atoms with E-state index in [4.69, 9.17) is 0 Å². The molecule has 3 heteroatoms. The number of nitrogens with one attached hydrogen (secondary N) is 1. The van der Waals surface area contributed by atoms with Gasteiger partial charge in [0.2, 0.25) is 0 Å². The van der Waals surface area contributed by atoms with Gasteiger partial charge in [-0.1, -0.05) is 6.92 Å². The Kier molecular flexibility index (Phi) is 4.83. The minimum Gasteiger partial charge on any atom is -0.315 e. The van der Waals surface area contributed by atoms with Gasteiger partial charge in [-0.2, -0.15) is 0 Å². The third-order valence-electron chi connectivity index (χ3n) is 4.67. The molecule has 3 unspecified atom stereocenters. The van der Waals surface area contributed by atoms with Gasteiger partial charge in [0.05, 0.1) is 0 Å². The van der Waals surface area contributed by atoms with Crippen molar-refractivity contribution in [3.63, 3.8) is 0 Å². The first-order chi connectivity index (χ1) is 8.22. The van der Waals surface area contributed by atoms with E-state index in [-0.39, 0.29) is 0 Å². The first kappa shape index (κ1) is 13.3. The molecule has 0 aromatic rings. The van der Waals surface area contributed by atoms with Gasteiger partial charge in [-0.3, -0.25) is 9.80 Å². The predicted molar refractivity (Wildman–Crippen MR) is 73.4 cm³/mol. The van der Waals surface area contributed by atoms with Crippen LogP contribution in [0.1, 0.15) is 39.5 Å². The van der Waals surface area contributed by atoms with Gasteiger partial charge >= 0.3 is 0 Å². The molecule has 0 spiro atoms. The van der Waals surface area contributed by atoms with Gasteiger partial charge in [0.25, 0.3) is 0 Å². The Hall–Kier alpha value is -0.120. The molecule has 0 aromatic carbocycles. The van der Waals surface area contributed by atoms with Crippen molar-refractivity contribution in [3.8, 4) is 0 Å². The summed E-state index contributed by atoms with van der Waals surface area (Å²) >= 11 is 0. The summed E-state index contributed by atoms with van der Waals surface area (Å²) in [6.07, 6.45) is 5.44. The van der Waals surface area contributed by atoms with Gasteiger partial charge in [-0.15, -0.1) is 0 Å². The van der Waals surface area contributed by atoms with Crippen LogP contribution in [0.3, 0.4) is 0 Å². The number of rotatable bonds is 5. The second kappa shape index (κ2) is 6.17. The summed E-state index contributed by atoms with van der Waals surface area (Å²) in [6.45, 7) is 9.49. The van der Waals surface area contributed by atoms with E-state index in [0.717, 1.165) is 25.2 Å². The first-order valence-corrected chi connectivity index (χ1v) is 7.39. The molecular formula is C14H29N3. The minimum atomic E-state index is 0.689. The monoisotopic (exact) mass is 239 g/mol. The second-order valence-corrected chi connectivity index (χ2v) is 5.89. The number of likely N-dealkylation sites (tertiary alicyclic amines) is 1. The highest BCUT2D eigenvalue weighted by atomic mass is 15.3. The van der Waals surface area contributed by atoms with E-state index in [9.17, 15) is 0 Å². The summed E-state index contributed by atoms with van der Waals surface area (Å²) in [6, 6.07) is 2.37. The molecule has 0 aliphatic carbocycles. The largest absolute Gasteiger partial charge is 0.315 e. The molecule has 3 atom stereocenters. The highest BCUT2D eigenvalue weighted by Crippen LogP contribution is 2.28. The summed E-state index contributed by atoms with van der Waals surface area (Å²) in [7, 11) is 2.33. The molecule has 2 rings (SSSR count). The van der Waals surface area contributed by atoms with E-state index in [2.05, 4.69) is 36.0 Å². The normalized spacial score (nSPS) is 32.6. The molecule has 2 aliphatic rings. The van der Waals surface area contributed by atoms with Crippen LogP contribution in [0.2, 0.25) is 0 Å². The Labute approximate surface area is 107 Å². The molecule has 3 nitrogen and oxygen atoms in total. The van der Waals surface area contributed by atoms with Crippen molar-refractivity contribution in [2.75, 3.05) is 33.2 Å². The maximum atomic E-state index is 3.55. The van der Waals surface area contributed by atoms with Crippen molar-refractivity contribution in [1.29, 1.82) is 0 Å². The molecule has 0 aromatic heterocycles. The molecule has 2 saturated heterocycles. The zero-order valence-corrected chi connectivity index (χ0v) is 11.8. The maximum Gasteiger partial charge on any atom is 0.0223 e. The molecule has 2 heterocycles. The average molecular weight is 239 g/mol. The van der Waals surface area contributed by atoms with E-state index >= 15 is 0 Å². The molecule has 2 fully saturated rings. The summed E-state index contributed by atoms with van der Waals surface area (Å²) in [5, 5.41) is 3.55. The Morgan fingerprint density at radius 2 is 2.00 bits per heavy atom. The highest BCUT2D eigenvalue weighted by molar-refractivity contribution is 4.92. The third kappa shape index (κ3) is 3.21. The van der Waals surface area contributed by atoms with Crippen molar-refractivity contribution in [2.24, 2.45) is 0 Å². The number of hydrogen-bond acceptors (Lipinski definition) is 3. The summed E-state index contributed by atoms with van der Waals surface area (Å²) in [4.78, 5) is 5.33. The Bertz CT molecular complexity index is 232. The van der Waals surface area contributed by atoms with Crippen molar-refractivity contribution in [1.82, 2.24) is 15.1 Å². The SMILES string of the molecule is CCCNCC(C)N1CCC2CCC(C1)N2C. The zero-order valence-electron chi connectivity index (χ0n) is 11.8. The quantitative estimate of drug-likeness (QED) is 0.734. The average Bonchev–Trinajstić information content (AvgIpc) is 2.53. The molecule has 1 N–H and O–H groups in total. The summed E-state index contributed by atoms with van der Waals surface area (Å²) in [5.41, 5.74) is 0. The van der Waals surface area contributed by atoms with Crippen molar-refractivity contribution < 1.29 is 0 Å². The number of fused-ring (bicyclic) bond motifs is 2. The van der Waals surface area contributed by atoms with Crippen molar-refractivity contribution in [2.45, 2.75) is 57.7 Å². The molecule has 0 saturated carbocycles. The van der Waals surface area contributed by atoms with Crippen LogP contribution in [0.5, 0.6) is 0 Å². The van der Waals surface area contributed by atoms with Gasteiger partial charge in [-0.25, -0.2) is 0 Å². The van der Waals surface area contributed by atoms with E-state index in [1.54, 1.807) is 0 Å². The van der Waals surface area contributed by atoms with Crippen LogP contribution in [-0.4, -0.2) is 61.2 Å². The van der Waals surface area contributed by atoms with E-state index in [0.29, 0.717) is 6.04 Å². The maximum absolute atomic E-state index is 3.55. The molecule has 2 aliphatic heterocycles. The van der Waals surface area contributed by atoms with Gasteiger partial charge in [0, 0.05) is 37.8 Å². The van der Waals surface area contributed by atoms with Gasteiger partial charge < -0.3 is 5.32 Å². The summed E-state index contributed by atoms with van der Waals surface area (Å²) < 4.78 is 0. The lowest BCUT2D eigenvalue weighted by Crippen LogP contribution is -2.45. The number of nitrogens with zero attached hydrogens (tertiary/aromatic N) is 2. The Morgan fingerprint density at radius 1 is 1.24 bits per heavy atom. The molecule has 2 bridgehead atoms. The van der Waals surface area contributed by atoms with Crippen LogP contribution in [0.15, 0.2) is 0 Å². The fourth-order valence-corrected chi connectivity index (χ4v) is 3.35. The molecule has 100 valence electrons. The molecule has 0 radical (unpaired) electrons. The van der Waals surface area contributed by atoms with Crippen LogP contribution in [0, 0.1) is 0 Å². The standard InChI is InChI=1S/C14H29N3/c1-4-8-15-10-12(2)17-9-7-13-5-6-14(11-17)16(13)3/h12-15H,4-11H2,1-3H3. The minimum absolute atomic E-state index is 0.689. The zero-order chi connectivity index (χ0) is 12.3. The summed E-state index contributed by atoms with van der Waals surface area (Å²) in [5.74, 6) is 0. The Morgan fingerprint density at radius 3 is 2.76 bits per heavy atom. The van der Waals surface area contributed by atoms with Crippen LogP contribution < -0.4 is 5.32 Å². The van der Waals surface area contributed by atoms with Gasteiger partial charge in [-0.05, 0) is 46.2 Å². The number of hydrogen-bond donors (Lipinski definition) is 1. The van der Waals surface area contributed by atoms with E-state index in [1.807, 2.05) is 0 Å². The number of likely N-dealkylation sites (N-methyl/N-ethyl adjacent to an activating group) is 1. The predicted octanol–water partition coefficient (Wildman–Crippen LogP) is 1.54. The van der Waals surface area contributed by atoms with E-state index < -0.39 is 0 Å². The topological polar surface area (TPSA) is 18.5 Å². The van der Waals surface area contributed by atoms with Crippen molar-refractivity contribution in [3.05, 3.63) is 0 Å². The molecule has 17 heavy (non-hydrogen) atoms. The lowest BCUT2D eigenvalue weighted by Gasteiger charge is -2.31. The van der Waals surface area contributed by atoms with Crippen molar-refractivity contribution >= 4 is 0 Å². The lowest BCUT2D eigenvalue weighted by atomic mass is 10.1. The van der Waals surface area contributed by atoms with E-state index in [1.165, 1.54) is 38.8 Å². The fraction of sp³-hybridized carbons (Fsp3) is 1.00. The van der Waals surface area contributed by atoms with Crippen LogP contribution >= 0.6 is 0 Å². The molecular weight excluding hydrogens is 210 g/mol.